The largest absolute Gasteiger partial charge is 0.478 e. The van der Waals surface area contributed by atoms with E-state index in [9.17, 15) is 9.90 Å². The van der Waals surface area contributed by atoms with Gasteiger partial charge in [-0.05, 0) is 32.4 Å². The smallest absolute Gasteiger partial charge is 0.338 e. The molecule has 0 aliphatic carbocycles. The van der Waals surface area contributed by atoms with Gasteiger partial charge in [0, 0.05) is 6.61 Å². The van der Waals surface area contributed by atoms with Crippen LogP contribution in [0.5, 0.6) is 0 Å². The van der Waals surface area contributed by atoms with Crippen molar-refractivity contribution in [2.24, 2.45) is 0 Å². The van der Waals surface area contributed by atoms with Crippen molar-refractivity contribution >= 4 is 17.0 Å². The number of carbonyl (C=O) groups is 1. The van der Waals surface area contributed by atoms with Crippen molar-refractivity contribution in [1.82, 2.24) is 15.0 Å². The minimum Gasteiger partial charge on any atom is -0.478 e. The minimum atomic E-state index is -0.987. The van der Waals surface area contributed by atoms with Crippen LogP contribution in [0.4, 0.5) is 0 Å². The molecule has 2 unspecified atom stereocenters. The molecular formula is C13H15N3O3. The zero-order valence-electron chi connectivity index (χ0n) is 10.8. The number of hydrogen-bond donors (Lipinski definition) is 1. The second-order valence-corrected chi connectivity index (χ2v) is 5.10. The molecule has 100 valence electrons. The third kappa shape index (κ3) is 1.63. The third-order valence-electron chi connectivity index (χ3n) is 4.04. The normalized spacial score (nSPS) is 26.9. The Morgan fingerprint density at radius 1 is 1.58 bits per heavy atom. The molecule has 6 nitrogen and oxygen atoms in total. The summed E-state index contributed by atoms with van der Waals surface area (Å²) >= 11 is 0. The molecule has 2 atom stereocenters. The minimum absolute atomic E-state index is 0.0193. The Bertz CT molecular complexity index is 652. The maximum absolute atomic E-state index is 11.2. The molecule has 1 aliphatic heterocycles. The van der Waals surface area contributed by atoms with Gasteiger partial charge in [0.1, 0.15) is 5.52 Å². The van der Waals surface area contributed by atoms with Crippen LogP contribution in [0.2, 0.25) is 0 Å². The molecule has 2 heterocycles. The first kappa shape index (κ1) is 12.1. The van der Waals surface area contributed by atoms with Gasteiger partial charge < -0.3 is 9.84 Å². The van der Waals surface area contributed by atoms with Crippen molar-refractivity contribution < 1.29 is 14.6 Å². The summed E-state index contributed by atoms with van der Waals surface area (Å²) in [6.07, 6.45) is 0.857. The Morgan fingerprint density at radius 2 is 2.37 bits per heavy atom. The third-order valence-corrected chi connectivity index (χ3v) is 4.04. The van der Waals surface area contributed by atoms with E-state index in [2.05, 4.69) is 17.2 Å². The van der Waals surface area contributed by atoms with Crippen LogP contribution in [0.15, 0.2) is 18.2 Å². The van der Waals surface area contributed by atoms with Crippen LogP contribution in [0.1, 0.15) is 30.6 Å². The number of carboxylic acid groups (broad SMARTS) is 1. The molecule has 1 aromatic carbocycles. The van der Waals surface area contributed by atoms with E-state index in [1.54, 1.807) is 16.8 Å². The molecule has 3 rings (SSSR count). The van der Waals surface area contributed by atoms with E-state index < -0.39 is 5.97 Å². The quantitative estimate of drug-likeness (QED) is 0.889. The van der Waals surface area contributed by atoms with Gasteiger partial charge in [0.05, 0.1) is 22.7 Å². The fourth-order valence-electron chi connectivity index (χ4n) is 2.60. The van der Waals surface area contributed by atoms with Crippen molar-refractivity contribution in [1.29, 1.82) is 0 Å². The molecule has 2 aromatic rings. The molecule has 0 bridgehead atoms. The van der Waals surface area contributed by atoms with Gasteiger partial charge in [-0.3, -0.25) is 0 Å². The Balaban J connectivity index is 2.22. The first-order valence-corrected chi connectivity index (χ1v) is 6.24. The van der Waals surface area contributed by atoms with Crippen LogP contribution < -0.4 is 0 Å². The van der Waals surface area contributed by atoms with E-state index in [1.807, 2.05) is 13.0 Å². The summed E-state index contributed by atoms with van der Waals surface area (Å²) in [6, 6.07) is 5.11. The van der Waals surface area contributed by atoms with E-state index in [0.29, 0.717) is 12.1 Å². The first-order valence-electron chi connectivity index (χ1n) is 6.24. The molecule has 0 amide bonds. The highest BCUT2D eigenvalue weighted by Crippen LogP contribution is 2.34. The summed E-state index contributed by atoms with van der Waals surface area (Å²) in [7, 11) is 0. The van der Waals surface area contributed by atoms with Crippen molar-refractivity contribution in [2.45, 2.75) is 31.9 Å². The predicted octanol–water partition coefficient (Wildman–Crippen LogP) is 1.65. The van der Waals surface area contributed by atoms with Gasteiger partial charge in [-0.25, -0.2) is 9.48 Å². The maximum Gasteiger partial charge on any atom is 0.338 e. The molecule has 1 fully saturated rings. The van der Waals surface area contributed by atoms with E-state index in [1.165, 1.54) is 0 Å². The van der Waals surface area contributed by atoms with Crippen molar-refractivity contribution in [3.8, 4) is 0 Å². The summed E-state index contributed by atoms with van der Waals surface area (Å²) in [5.41, 5.74) is 1.06. The summed E-state index contributed by atoms with van der Waals surface area (Å²) in [6.45, 7) is 4.74. The fourth-order valence-corrected chi connectivity index (χ4v) is 2.60. The lowest BCUT2D eigenvalue weighted by Gasteiger charge is -2.28. The Kier molecular flexibility index (Phi) is 2.56. The number of carboxylic acids is 1. The van der Waals surface area contributed by atoms with Gasteiger partial charge in [-0.1, -0.05) is 11.3 Å². The Labute approximate surface area is 110 Å². The number of hydrogen-bond acceptors (Lipinski definition) is 4. The number of aromatic nitrogens is 3. The second-order valence-electron chi connectivity index (χ2n) is 5.10. The SMILES string of the molecule is CC1OCCC1(C)n1nnc2c(C(=O)O)cccc21. The van der Waals surface area contributed by atoms with Gasteiger partial charge in [0.25, 0.3) is 0 Å². The van der Waals surface area contributed by atoms with Crippen LogP contribution in [-0.4, -0.2) is 38.8 Å². The number of ether oxygens (including phenoxy) is 1. The van der Waals surface area contributed by atoms with Crippen molar-refractivity contribution in [2.75, 3.05) is 6.61 Å². The molecule has 19 heavy (non-hydrogen) atoms. The molecule has 0 radical (unpaired) electrons. The van der Waals surface area contributed by atoms with Gasteiger partial charge in [-0.15, -0.1) is 5.10 Å². The molecule has 1 saturated heterocycles. The zero-order chi connectivity index (χ0) is 13.6. The topological polar surface area (TPSA) is 77.2 Å². The number of benzene rings is 1. The van der Waals surface area contributed by atoms with Crippen LogP contribution in [0, 0.1) is 0 Å². The maximum atomic E-state index is 11.2. The van der Waals surface area contributed by atoms with Gasteiger partial charge >= 0.3 is 5.97 Å². The lowest BCUT2D eigenvalue weighted by atomic mass is 9.94. The summed E-state index contributed by atoms with van der Waals surface area (Å²) in [4.78, 5) is 11.2. The Morgan fingerprint density at radius 3 is 3.00 bits per heavy atom. The number of fused-ring (bicyclic) bond motifs is 1. The van der Waals surface area contributed by atoms with Gasteiger partial charge in [-0.2, -0.15) is 0 Å². The average Bonchev–Trinajstić information content (AvgIpc) is 2.94. The summed E-state index contributed by atoms with van der Waals surface area (Å²) < 4.78 is 7.41. The average molecular weight is 261 g/mol. The standard InChI is InChI=1S/C13H15N3O3/c1-8-13(2,6-7-19-8)16-10-5-3-4-9(12(17)18)11(10)14-15-16/h3-5,8H,6-7H2,1-2H3,(H,17,18). The second kappa shape index (κ2) is 4.03. The first-order chi connectivity index (χ1) is 9.04. The highest BCUT2D eigenvalue weighted by molar-refractivity contribution is 6.00. The van der Waals surface area contributed by atoms with E-state index in [4.69, 9.17) is 4.74 Å². The summed E-state index contributed by atoms with van der Waals surface area (Å²) in [5, 5.41) is 17.4. The van der Waals surface area contributed by atoms with Gasteiger partial charge in [0.2, 0.25) is 0 Å². The monoisotopic (exact) mass is 261 g/mol. The molecule has 6 heteroatoms. The molecule has 0 spiro atoms. The molecule has 1 aliphatic rings. The van der Waals surface area contributed by atoms with Crippen molar-refractivity contribution in [3.63, 3.8) is 0 Å². The van der Waals surface area contributed by atoms with E-state index in [0.717, 1.165) is 11.9 Å². The highest BCUT2D eigenvalue weighted by Gasteiger charge is 2.41. The number of rotatable bonds is 2. The molecule has 0 saturated carbocycles. The lowest BCUT2D eigenvalue weighted by Crippen LogP contribution is -2.37. The van der Waals surface area contributed by atoms with Gasteiger partial charge in [0.15, 0.2) is 0 Å². The van der Waals surface area contributed by atoms with Crippen LogP contribution >= 0.6 is 0 Å². The summed E-state index contributed by atoms with van der Waals surface area (Å²) in [5.74, 6) is -0.987. The lowest BCUT2D eigenvalue weighted by molar-refractivity contribution is 0.0698. The van der Waals surface area contributed by atoms with Crippen LogP contribution in [-0.2, 0) is 10.3 Å². The molecule has 1 aromatic heterocycles. The van der Waals surface area contributed by atoms with Crippen LogP contribution in [0.25, 0.3) is 11.0 Å². The fraction of sp³-hybridized carbons (Fsp3) is 0.462. The molecular weight excluding hydrogens is 246 g/mol. The number of aromatic carboxylic acids is 1. The highest BCUT2D eigenvalue weighted by atomic mass is 16.5. The van der Waals surface area contributed by atoms with E-state index >= 15 is 0 Å². The Hall–Kier alpha value is -1.95. The van der Waals surface area contributed by atoms with Crippen LogP contribution in [0.3, 0.4) is 0 Å². The number of nitrogens with zero attached hydrogens (tertiary/aromatic N) is 3. The van der Waals surface area contributed by atoms with Crippen molar-refractivity contribution in [3.05, 3.63) is 23.8 Å². The zero-order valence-corrected chi connectivity index (χ0v) is 10.8. The molecule has 1 N–H and O–H groups in total. The van der Waals surface area contributed by atoms with E-state index in [-0.39, 0.29) is 17.2 Å². The predicted molar refractivity (Wildman–Crippen MR) is 68.2 cm³/mol.